The first-order chi connectivity index (χ1) is 24.5. The van der Waals surface area contributed by atoms with Crippen LogP contribution in [0.5, 0.6) is 0 Å². The zero-order valence-electron chi connectivity index (χ0n) is 33.3. The molecule has 0 aromatic heterocycles. The normalized spacial score (nSPS) is 39.0. The molecule has 11 heteroatoms. The summed E-state index contributed by atoms with van der Waals surface area (Å²) < 4.78 is 31.5. The molecule has 0 aliphatic carbocycles. The number of esters is 1. The maximum atomic E-state index is 14.6. The quantitative estimate of drug-likeness (QED) is 0.228. The van der Waals surface area contributed by atoms with Gasteiger partial charge in [0.25, 0.3) is 0 Å². The molecule has 2 fully saturated rings. The van der Waals surface area contributed by atoms with Crippen LogP contribution in [-0.2, 0) is 39.7 Å². The number of ketones is 1. The smallest absolute Gasteiger partial charge is 0.410 e. The van der Waals surface area contributed by atoms with E-state index < -0.39 is 71.7 Å². The van der Waals surface area contributed by atoms with Crippen LogP contribution in [0.4, 0.5) is 4.79 Å². The van der Waals surface area contributed by atoms with Gasteiger partial charge >= 0.3 is 12.1 Å². The Morgan fingerprint density at radius 1 is 1.04 bits per heavy atom. The van der Waals surface area contributed by atoms with Crippen LogP contribution in [0.1, 0.15) is 93.1 Å². The second kappa shape index (κ2) is 17.5. The molecule has 1 amide bonds. The number of aliphatic hydroxyl groups excluding tert-OH is 1. The molecule has 1 N–H and O–H groups in total. The molecule has 3 aliphatic rings. The highest BCUT2D eigenvalue weighted by molar-refractivity contribution is 5.88. The van der Waals surface area contributed by atoms with Crippen LogP contribution >= 0.6 is 0 Å². The lowest BCUT2D eigenvalue weighted by molar-refractivity contribution is -0.294. The highest BCUT2D eigenvalue weighted by Gasteiger charge is 2.59. The summed E-state index contributed by atoms with van der Waals surface area (Å²) >= 11 is 0. The van der Waals surface area contributed by atoms with Crippen molar-refractivity contribution in [1.29, 1.82) is 0 Å². The standard InChI is InChI=1S/C41H64N2O9/c1-12-32-41(8)35(43(39(47)52-41)21-17-16-20-30-18-14-13-15-19-30)29(6)33(44)27(4)24-40(7,48-11)36(25(2)22-26(3)37(46)50-32)51-38-34(45)31(42(9)10)23-28(5)49-38/h13-15,18-19,22,25,27-29,31-32,34-36,38,45H,12,16-17,20-21,23-24H2,1-11H3/b26-22+/t25-,27+,28+,29-,31-,32+,34+,35+,36+,38-,40+,41+/m0/s1. The van der Waals surface area contributed by atoms with Gasteiger partial charge in [-0.05, 0) is 85.9 Å². The highest BCUT2D eigenvalue weighted by Crippen LogP contribution is 2.43. The summed E-state index contributed by atoms with van der Waals surface area (Å²) in [6.45, 7) is 15.3. The van der Waals surface area contributed by atoms with Gasteiger partial charge in [0.1, 0.15) is 18.0 Å². The molecule has 0 bridgehead atoms. The van der Waals surface area contributed by atoms with E-state index in [1.807, 2.05) is 78.7 Å². The Hall–Kier alpha value is -2.83. The van der Waals surface area contributed by atoms with Crippen molar-refractivity contribution in [3.8, 4) is 0 Å². The van der Waals surface area contributed by atoms with Crippen LogP contribution in [0.2, 0.25) is 0 Å². The number of aryl methyl sites for hydroxylation is 1. The summed E-state index contributed by atoms with van der Waals surface area (Å²) in [6.07, 6.45) is 1.40. The van der Waals surface area contributed by atoms with Crippen molar-refractivity contribution < 1.29 is 43.2 Å². The SMILES string of the molecule is CC[C@H]1OC(=O)/C(C)=C/[C@H](C)[C@@H](O[C@@H]2O[C@H](C)C[C@H](N(C)C)[C@H]2O)[C@](C)(OC)C[C@@H](C)C(=O)[C@H](C)[C@H]2N(CCCCc3ccccc3)C(=O)O[C@]12C. The van der Waals surface area contributed by atoms with Gasteiger partial charge in [-0.25, -0.2) is 9.59 Å². The molecule has 3 heterocycles. The largest absolute Gasteiger partial charge is 0.455 e. The van der Waals surface area contributed by atoms with Crippen LogP contribution in [-0.4, -0.2) is 114 Å². The first kappa shape index (κ1) is 41.9. The van der Waals surface area contributed by atoms with Crippen molar-refractivity contribution in [1.82, 2.24) is 9.80 Å². The van der Waals surface area contributed by atoms with Crippen LogP contribution in [0.3, 0.4) is 0 Å². The third kappa shape index (κ3) is 9.09. The molecule has 11 nitrogen and oxygen atoms in total. The van der Waals surface area contributed by atoms with Crippen LogP contribution in [0, 0.1) is 17.8 Å². The van der Waals surface area contributed by atoms with E-state index in [0.29, 0.717) is 31.4 Å². The molecule has 4 rings (SSSR count). The Labute approximate surface area is 311 Å². The van der Waals surface area contributed by atoms with Crippen molar-refractivity contribution in [2.24, 2.45) is 17.8 Å². The molecular weight excluding hydrogens is 664 g/mol. The van der Waals surface area contributed by atoms with E-state index in [2.05, 4.69) is 12.1 Å². The number of hydrogen-bond acceptors (Lipinski definition) is 10. The fourth-order valence-electron chi connectivity index (χ4n) is 8.87. The maximum absolute atomic E-state index is 14.6. The molecule has 12 atom stereocenters. The number of methoxy groups -OCH3 is 1. The number of unbranched alkanes of at least 4 members (excludes halogenated alkanes) is 1. The van der Waals surface area contributed by atoms with Crippen LogP contribution in [0.25, 0.3) is 0 Å². The number of amides is 1. The summed E-state index contributed by atoms with van der Waals surface area (Å²) in [5, 5.41) is 11.4. The van der Waals surface area contributed by atoms with Gasteiger partial charge in [0.05, 0.1) is 23.9 Å². The number of hydrogen-bond donors (Lipinski definition) is 1. The summed E-state index contributed by atoms with van der Waals surface area (Å²) in [6, 6.07) is 9.34. The number of cyclic esters (lactones) is 1. The lowest BCUT2D eigenvalue weighted by Gasteiger charge is -2.47. The Morgan fingerprint density at radius 2 is 1.71 bits per heavy atom. The summed E-state index contributed by atoms with van der Waals surface area (Å²) in [5.74, 6) is -2.20. The Morgan fingerprint density at radius 3 is 2.33 bits per heavy atom. The second-order valence-electron chi connectivity index (χ2n) is 16.1. The van der Waals surface area contributed by atoms with Gasteiger partial charge in [-0.15, -0.1) is 0 Å². The average molecular weight is 729 g/mol. The van der Waals surface area contributed by atoms with Gasteiger partial charge in [-0.1, -0.05) is 64.1 Å². The van der Waals surface area contributed by atoms with Crippen molar-refractivity contribution in [3.63, 3.8) is 0 Å². The molecule has 0 radical (unpaired) electrons. The molecule has 292 valence electrons. The lowest BCUT2D eigenvalue weighted by atomic mass is 9.74. The first-order valence-corrected chi connectivity index (χ1v) is 19.1. The number of fused-ring (bicyclic) bond motifs is 1. The number of benzene rings is 1. The van der Waals surface area contributed by atoms with E-state index in [-0.39, 0.29) is 24.3 Å². The summed E-state index contributed by atoms with van der Waals surface area (Å²) in [7, 11) is 5.43. The second-order valence-corrected chi connectivity index (χ2v) is 16.1. The Bertz CT molecular complexity index is 1400. The fourth-order valence-corrected chi connectivity index (χ4v) is 8.87. The van der Waals surface area contributed by atoms with E-state index in [1.54, 1.807) is 31.9 Å². The molecule has 3 aliphatic heterocycles. The van der Waals surface area contributed by atoms with E-state index in [9.17, 15) is 19.5 Å². The summed E-state index contributed by atoms with van der Waals surface area (Å²) in [4.78, 5) is 45.8. The fraction of sp³-hybridized carbons (Fsp3) is 0.732. The predicted octanol–water partition coefficient (Wildman–Crippen LogP) is 5.95. The van der Waals surface area contributed by atoms with Gasteiger partial charge in [0, 0.05) is 43.0 Å². The number of rotatable bonds is 10. The zero-order chi connectivity index (χ0) is 38.5. The summed E-state index contributed by atoms with van der Waals surface area (Å²) in [5.41, 5.74) is -0.734. The van der Waals surface area contributed by atoms with Gasteiger partial charge in [-0.2, -0.15) is 0 Å². The number of carbonyl (C=O) groups excluding carboxylic acids is 3. The van der Waals surface area contributed by atoms with Gasteiger partial charge in [0.2, 0.25) is 0 Å². The molecular formula is C41H64N2O9. The minimum Gasteiger partial charge on any atom is -0.455 e. The minimum absolute atomic E-state index is 0.0568. The molecule has 0 saturated carbocycles. The third-order valence-electron chi connectivity index (χ3n) is 11.7. The van der Waals surface area contributed by atoms with E-state index >= 15 is 0 Å². The van der Waals surface area contributed by atoms with Crippen molar-refractivity contribution in [3.05, 3.63) is 47.5 Å². The minimum atomic E-state index is -1.27. The lowest BCUT2D eigenvalue weighted by Crippen LogP contribution is -2.59. The van der Waals surface area contributed by atoms with Gasteiger partial charge < -0.3 is 38.6 Å². The number of carbonyl (C=O) groups is 3. The van der Waals surface area contributed by atoms with Crippen molar-refractivity contribution in [2.75, 3.05) is 27.7 Å². The van der Waals surface area contributed by atoms with Crippen molar-refractivity contribution in [2.45, 2.75) is 148 Å². The van der Waals surface area contributed by atoms with E-state index in [0.717, 1.165) is 12.8 Å². The monoisotopic (exact) mass is 728 g/mol. The molecule has 0 unspecified atom stereocenters. The predicted molar refractivity (Wildman–Crippen MR) is 199 cm³/mol. The number of aliphatic hydroxyl groups is 1. The first-order valence-electron chi connectivity index (χ1n) is 19.1. The van der Waals surface area contributed by atoms with Gasteiger partial charge in [0.15, 0.2) is 11.9 Å². The zero-order valence-corrected chi connectivity index (χ0v) is 33.3. The number of ether oxygens (including phenoxy) is 5. The van der Waals surface area contributed by atoms with Gasteiger partial charge in [-0.3, -0.25) is 4.79 Å². The van der Waals surface area contributed by atoms with E-state index in [4.69, 9.17) is 23.7 Å². The number of likely N-dealkylation sites (N-methyl/N-ethyl adjacent to an activating group) is 1. The molecule has 2 saturated heterocycles. The van der Waals surface area contributed by atoms with Crippen molar-refractivity contribution >= 4 is 17.8 Å². The third-order valence-corrected chi connectivity index (χ3v) is 11.7. The molecule has 52 heavy (non-hydrogen) atoms. The molecule has 1 aromatic rings. The molecule has 0 spiro atoms. The number of Topliss-reactive ketones (excluding diaryl/α,β-unsaturated/α-hetero) is 1. The highest BCUT2D eigenvalue weighted by atomic mass is 16.7. The number of nitrogens with zero attached hydrogens (tertiary/aromatic N) is 2. The maximum Gasteiger partial charge on any atom is 0.410 e. The molecule has 1 aromatic carbocycles. The Kier molecular flexibility index (Phi) is 14.1. The Balaban J connectivity index is 1.70. The van der Waals surface area contributed by atoms with Crippen LogP contribution in [0.15, 0.2) is 42.0 Å². The topological polar surface area (TPSA) is 124 Å². The average Bonchev–Trinajstić information content (AvgIpc) is 3.36. The van der Waals surface area contributed by atoms with Crippen LogP contribution < -0.4 is 0 Å². The van der Waals surface area contributed by atoms with E-state index in [1.165, 1.54) is 5.56 Å².